The molecule has 5 nitrogen and oxygen atoms in total. The molecular weight excluding hydrogens is 470 g/mol. The van der Waals surface area contributed by atoms with Gasteiger partial charge in [0.1, 0.15) is 0 Å². The zero-order valence-corrected chi connectivity index (χ0v) is 18.3. The highest BCUT2D eigenvalue weighted by Gasteiger charge is 2.30. The lowest BCUT2D eigenvalue weighted by Crippen LogP contribution is -2.55. The number of aliphatic imine (C=N–C) groups is 1. The molecule has 1 aliphatic rings. The van der Waals surface area contributed by atoms with Crippen LogP contribution in [0.15, 0.2) is 29.3 Å². The van der Waals surface area contributed by atoms with Crippen molar-refractivity contribution in [2.75, 3.05) is 46.8 Å². The Labute approximate surface area is 176 Å². The molecule has 2 rings (SSSR count). The number of hydrogen-bond acceptors (Lipinski definition) is 3. The van der Waals surface area contributed by atoms with E-state index in [1.165, 1.54) is 6.07 Å². The maximum absolute atomic E-state index is 12.8. The van der Waals surface area contributed by atoms with Crippen molar-refractivity contribution in [3.8, 4) is 0 Å². The van der Waals surface area contributed by atoms with Gasteiger partial charge < -0.3 is 15.5 Å². The van der Waals surface area contributed by atoms with Crippen molar-refractivity contribution in [2.24, 2.45) is 4.99 Å². The van der Waals surface area contributed by atoms with Crippen LogP contribution in [-0.2, 0) is 12.7 Å². The maximum atomic E-state index is 12.8. The first kappa shape index (κ1) is 24.0. The molecule has 1 aromatic rings. The monoisotopic (exact) mass is 499 g/mol. The van der Waals surface area contributed by atoms with E-state index >= 15 is 0 Å². The molecule has 2 N–H and O–H groups in total. The van der Waals surface area contributed by atoms with E-state index in [-0.39, 0.29) is 30.5 Å². The van der Waals surface area contributed by atoms with Gasteiger partial charge in [0.25, 0.3) is 0 Å². The van der Waals surface area contributed by atoms with Gasteiger partial charge in [-0.15, -0.1) is 24.0 Å². The predicted molar refractivity (Wildman–Crippen MR) is 114 cm³/mol. The SMILES string of the molecule is CCNC(=NCc1cccc(C(F)(F)F)c1)NCC1CN(C)CCN1C.I. The smallest absolute Gasteiger partial charge is 0.357 e. The van der Waals surface area contributed by atoms with Gasteiger partial charge in [-0.1, -0.05) is 12.1 Å². The van der Waals surface area contributed by atoms with Gasteiger partial charge in [-0.3, -0.25) is 4.90 Å². The molecule has 0 radical (unpaired) electrons. The molecule has 0 bridgehead atoms. The van der Waals surface area contributed by atoms with Gasteiger partial charge in [0.15, 0.2) is 5.96 Å². The molecule has 1 unspecified atom stereocenters. The summed E-state index contributed by atoms with van der Waals surface area (Å²) in [5, 5.41) is 6.45. The quantitative estimate of drug-likeness (QED) is 0.372. The summed E-state index contributed by atoms with van der Waals surface area (Å²) in [5.41, 5.74) is -0.110. The Balaban J connectivity index is 0.00000364. The number of alkyl halides is 3. The number of hydrogen-bond donors (Lipinski definition) is 2. The van der Waals surface area contributed by atoms with Crippen LogP contribution in [0.1, 0.15) is 18.1 Å². The van der Waals surface area contributed by atoms with E-state index < -0.39 is 11.7 Å². The van der Waals surface area contributed by atoms with Crippen LogP contribution in [-0.4, -0.2) is 68.6 Å². The predicted octanol–water partition coefficient (Wildman–Crippen LogP) is 2.62. The first-order chi connectivity index (χ1) is 12.3. The summed E-state index contributed by atoms with van der Waals surface area (Å²) in [6.07, 6.45) is -4.33. The van der Waals surface area contributed by atoms with Gasteiger partial charge >= 0.3 is 6.18 Å². The Bertz CT molecular complexity index is 609. The Morgan fingerprint density at radius 1 is 1.22 bits per heavy atom. The van der Waals surface area contributed by atoms with Crippen LogP contribution in [0.2, 0.25) is 0 Å². The largest absolute Gasteiger partial charge is 0.416 e. The Hall–Kier alpha value is -1.07. The van der Waals surface area contributed by atoms with Crippen LogP contribution < -0.4 is 10.6 Å². The standard InChI is InChI=1S/C18H28F3N5.HI/c1-4-22-17(24-12-16-13-25(2)8-9-26(16)3)23-11-14-6-5-7-15(10-14)18(19,20)21;/h5-7,10,16H,4,8-9,11-13H2,1-3H3,(H2,22,23,24);1H. The van der Waals surface area contributed by atoms with E-state index in [4.69, 9.17) is 0 Å². The van der Waals surface area contributed by atoms with E-state index in [9.17, 15) is 13.2 Å². The first-order valence-electron chi connectivity index (χ1n) is 8.86. The molecule has 1 heterocycles. The minimum atomic E-state index is -4.33. The van der Waals surface area contributed by atoms with Crippen molar-refractivity contribution >= 4 is 29.9 Å². The normalized spacial score (nSPS) is 19.5. The molecule has 1 atom stereocenters. The lowest BCUT2D eigenvalue weighted by molar-refractivity contribution is -0.137. The van der Waals surface area contributed by atoms with Crippen LogP contribution in [0.4, 0.5) is 13.2 Å². The highest BCUT2D eigenvalue weighted by Crippen LogP contribution is 2.29. The highest BCUT2D eigenvalue weighted by molar-refractivity contribution is 14.0. The van der Waals surface area contributed by atoms with Crippen molar-refractivity contribution in [3.63, 3.8) is 0 Å². The molecule has 1 aromatic carbocycles. The van der Waals surface area contributed by atoms with Crippen molar-refractivity contribution in [3.05, 3.63) is 35.4 Å². The average Bonchev–Trinajstić information content (AvgIpc) is 2.59. The molecule has 0 aromatic heterocycles. The molecule has 1 saturated heterocycles. The van der Waals surface area contributed by atoms with Crippen LogP contribution in [0, 0.1) is 0 Å². The Kier molecular flexibility index (Phi) is 9.82. The minimum Gasteiger partial charge on any atom is -0.357 e. The molecule has 0 amide bonds. The van der Waals surface area contributed by atoms with Gasteiger partial charge in [0.05, 0.1) is 12.1 Å². The zero-order valence-electron chi connectivity index (χ0n) is 16.0. The summed E-state index contributed by atoms with van der Waals surface area (Å²) < 4.78 is 38.4. The highest BCUT2D eigenvalue weighted by atomic mass is 127. The van der Waals surface area contributed by atoms with E-state index in [0.717, 1.165) is 38.3 Å². The number of nitrogens with zero attached hydrogens (tertiary/aromatic N) is 3. The van der Waals surface area contributed by atoms with Gasteiger partial charge in [0, 0.05) is 38.8 Å². The van der Waals surface area contributed by atoms with Gasteiger partial charge in [-0.2, -0.15) is 13.2 Å². The Morgan fingerprint density at radius 3 is 2.63 bits per heavy atom. The number of guanidine groups is 1. The van der Waals surface area contributed by atoms with Crippen LogP contribution in [0.3, 0.4) is 0 Å². The van der Waals surface area contributed by atoms with Gasteiger partial charge in [-0.05, 0) is 38.7 Å². The van der Waals surface area contributed by atoms with Crippen molar-refractivity contribution in [2.45, 2.75) is 25.7 Å². The van der Waals surface area contributed by atoms with Crippen molar-refractivity contribution < 1.29 is 13.2 Å². The fraction of sp³-hybridized carbons (Fsp3) is 0.611. The second-order valence-electron chi connectivity index (χ2n) is 6.67. The molecule has 27 heavy (non-hydrogen) atoms. The number of benzene rings is 1. The fourth-order valence-corrected chi connectivity index (χ4v) is 2.89. The third-order valence-corrected chi connectivity index (χ3v) is 4.50. The average molecular weight is 499 g/mol. The summed E-state index contributed by atoms with van der Waals surface area (Å²) in [6.45, 7) is 6.61. The van der Waals surface area contributed by atoms with Crippen LogP contribution in [0.5, 0.6) is 0 Å². The molecule has 9 heteroatoms. The number of piperazine rings is 1. The summed E-state index contributed by atoms with van der Waals surface area (Å²) in [6, 6.07) is 5.67. The van der Waals surface area contributed by atoms with Crippen LogP contribution >= 0.6 is 24.0 Å². The summed E-state index contributed by atoms with van der Waals surface area (Å²) in [5.74, 6) is 0.617. The summed E-state index contributed by atoms with van der Waals surface area (Å²) in [4.78, 5) is 9.03. The minimum absolute atomic E-state index is 0. The van der Waals surface area contributed by atoms with Gasteiger partial charge in [0.2, 0.25) is 0 Å². The molecule has 154 valence electrons. The lowest BCUT2D eigenvalue weighted by atomic mass is 10.1. The molecule has 1 aliphatic heterocycles. The molecular formula is C18H29F3IN5. The maximum Gasteiger partial charge on any atom is 0.416 e. The van der Waals surface area contributed by atoms with E-state index in [2.05, 4.69) is 39.5 Å². The van der Waals surface area contributed by atoms with E-state index in [1.54, 1.807) is 6.07 Å². The number of likely N-dealkylation sites (N-methyl/N-ethyl adjacent to an activating group) is 2. The molecule has 0 spiro atoms. The lowest BCUT2D eigenvalue weighted by Gasteiger charge is -2.37. The summed E-state index contributed by atoms with van der Waals surface area (Å²) in [7, 11) is 4.21. The van der Waals surface area contributed by atoms with Crippen molar-refractivity contribution in [1.29, 1.82) is 0 Å². The van der Waals surface area contributed by atoms with E-state index in [0.29, 0.717) is 24.1 Å². The molecule has 0 saturated carbocycles. The molecule has 1 fully saturated rings. The topological polar surface area (TPSA) is 42.9 Å². The number of halogens is 4. The van der Waals surface area contributed by atoms with E-state index in [1.807, 2.05) is 6.92 Å². The molecule has 0 aliphatic carbocycles. The van der Waals surface area contributed by atoms with Gasteiger partial charge in [-0.25, -0.2) is 4.99 Å². The zero-order chi connectivity index (χ0) is 19.2. The second kappa shape index (κ2) is 11.1. The Morgan fingerprint density at radius 2 is 1.96 bits per heavy atom. The third-order valence-electron chi connectivity index (χ3n) is 4.50. The third kappa shape index (κ3) is 7.82. The first-order valence-corrected chi connectivity index (χ1v) is 8.86. The van der Waals surface area contributed by atoms with Crippen LogP contribution in [0.25, 0.3) is 0 Å². The number of nitrogens with one attached hydrogen (secondary N) is 2. The summed E-state index contributed by atoms with van der Waals surface area (Å²) >= 11 is 0. The fourth-order valence-electron chi connectivity index (χ4n) is 2.89. The number of rotatable bonds is 5. The second-order valence-corrected chi connectivity index (χ2v) is 6.67. The van der Waals surface area contributed by atoms with Crippen molar-refractivity contribution in [1.82, 2.24) is 20.4 Å².